The van der Waals surface area contributed by atoms with Crippen molar-refractivity contribution in [3.05, 3.63) is 59.8 Å². The van der Waals surface area contributed by atoms with E-state index in [0.717, 1.165) is 33.4 Å². The van der Waals surface area contributed by atoms with Gasteiger partial charge in [-0.25, -0.2) is 0 Å². The van der Waals surface area contributed by atoms with Crippen LogP contribution in [0.2, 0.25) is 5.02 Å². The Morgan fingerprint density at radius 2 is 1.97 bits per heavy atom. The van der Waals surface area contributed by atoms with E-state index in [0.29, 0.717) is 17.3 Å². The van der Waals surface area contributed by atoms with Crippen LogP contribution in [-0.2, 0) is 11.3 Å². The zero-order valence-corrected chi connectivity index (χ0v) is 17.5. The van der Waals surface area contributed by atoms with Crippen molar-refractivity contribution in [2.75, 3.05) is 0 Å². The summed E-state index contributed by atoms with van der Waals surface area (Å²) in [4.78, 5) is 10.8. The number of nitrogens with zero attached hydrogens (tertiary/aromatic N) is 2. The van der Waals surface area contributed by atoms with E-state index in [2.05, 4.69) is 16.3 Å². The number of H-pyrrole nitrogens is 1. The van der Waals surface area contributed by atoms with Crippen molar-refractivity contribution in [3.63, 3.8) is 0 Å². The first-order valence-electron chi connectivity index (χ1n) is 9.74. The number of fused-ring (bicyclic) bond motifs is 1. The summed E-state index contributed by atoms with van der Waals surface area (Å²) in [5.41, 5.74) is 4.60. The van der Waals surface area contributed by atoms with Gasteiger partial charge in [-0.15, -0.1) is 0 Å². The van der Waals surface area contributed by atoms with E-state index in [-0.39, 0.29) is 12.5 Å². The fourth-order valence-corrected chi connectivity index (χ4v) is 3.63. The number of benzene rings is 2. The summed E-state index contributed by atoms with van der Waals surface area (Å²) in [7, 11) is 0. The Hall–Kier alpha value is -3.25. The number of rotatable bonds is 7. The van der Waals surface area contributed by atoms with Crippen LogP contribution in [0.4, 0.5) is 0 Å². The lowest BCUT2D eigenvalue weighted by Crippen LogP contribution is -2.05. The second-order valence-corrected chi connectivity index (χ2v) is 7.81. The first-order chi connectivity index (χ1) is 14.4. The molecule has 4 aromatic rings. The highest BCUT2D eigenvalue weighted by Crippen LogP contribution is 2.32. The van der Waals surface area contributed by atoms with Gasteiger partial charge in [0.25, 0.3) is 0 Å². The van der Waals surface area contributed by atoms with E-state index in [1.54, 1.807) is 0 Å². The SMILES string of the molecule is CC(C)Oc1ccc(-c2cc(-c3ccc4c(ccn4CCC(=O)O)c3)[nH]n2)cc1Cl. The lowest BCUT2D eigenvalue weighted by Gasteiger charge is -2.11. The maximum absolute atomic E-state index is 10.8. The van der Waals surface area contributed by atoms with Crippen LogP contribution in [0.5, 0.6) is 5.75 Å². The van der Waals surface area contributed by atoms with Crippen molar-refractivity contribution in [2.45, 2.75) is 32.9 Å². The van der Waals surface area contributed by atoms with Gasteiger partial charge in [-0.05, 0) is 56.3 Å². The summed E-state index contributed by atoms with van der Waals surface area (Å²) in [6.07, 6.45) is 2.07. The number of aryl methyl sites for hydroxylation is 1. The Kier molecular flexibility index (Phi) is 5.50. The molecule has 6 nitrogen and oxygen atoms in total. The third-order valence-corrected chi connectivity index (χ3v) is 5.11. The first kappa shape index (κ1) is 20.0. The van der Waals surface area contributed by atoms with E-state index < -0.39 is 5.97 Å². The zero-order chi connectivity index (χ0) is 21.3. The molecule has 0 amide bonds. The van der Waals surface area contributed by atoms with E-state index in [9.17, 15) is 4.79 Å². The molecule has 0 saturated heterocycles. The monoisotopic (exact) mass is 423 g/mol. The molecular weight excluding hydrogens is 402 g/mol. The quantitative estimate of drug-likeness (QED) is 0.404. The molecule has 2 aromatic heterocycles. The number of hydrogen-bond donors (Lipinski definition) is 2. The summed E-state index contributed by atoms with van der Waals surface area (Å²) < 4.78 is 7.64. The van der Waals surface area contributed by atoms with Gasteiger partial charge < -0.3 is 14.4 Å². The van der Waals surface area contributed by atoms with Gasteiger partial charge in [-0.2, -0.15) is 5.10 Å². The van der Waals surface area contributed by atoms with Crippen LogP contribution in [0.15, 0.2) is 54.7 Å². The van der Waals surface area contributed by atoms with Crippen molar-refractivity contribution in [1.29, 1.82) is 0 Å². The number of hydrogen-bond acceptors (Lipinski definition) is 3. The van der Waals surface area contributed by atoms with Gasteiger partial charge in [0.05, 0.1) is 28.9 Å². The van der Waals surface area contributed by atoms with Gasteiger partial charge in [0.2, 0.25) is 0 Å². The van der Waals surface area contributed by atoms with Gasteiger partial charge >= 0.3 is 5.97 Å². The minimum absolute atomic E-state index is 0.0549. The summed E-state index contributed by atoms with van der Waals surface area (Å²) in [5.74, 6) is -0.147. The maximum atomic E-state index is 10.8. The number of aromatic nitrogens is 3. The highest BCUT2D eigenvalue weighted by Gasteiger charge is 2.11. The van der Waals surface area contributed by atoms with Gasteiger partial charge in [-0.1, -0.05) is 17.7 Å². The maximum Gasteiger partial charge on any atom is 0.305 e. The molecule has 4 rings (SSSR count). The molecule has 0 aliphatic rings. The molecule has 0 saturated carbocycles. The highest BCUT2D eigenvalue weighted by atomic mass is 35.5. The molecule has 7 heteroatoms. The Labute approximate surface area is 179 Å². The van der Waals surface area contributed by atoms with E-state index >= 15 is 0 Å². The average Bonchev–Trinajstić information content (AvgIpc) is 3.34. The summed E-state index contributed by atoms with van der Waals surface area (Å²) in [5, 5.41) is 18.0. The molecule has 0 aliphatic carbocycles. The minimum atomic E-state index is -0.803. The van der Waals surface area contributed by atoms with Gasteiger partial charge in [-0.3, -0.25) is 9.89 Å². The number of aliphatic carboxylic acids is 1. The van der Waals surface area contributed by atoms with Crippen LogP contribution < -0.4 is 4.74 Å². The van der Waals surface area contributed by atoms with Crippen molar-refractivity contribution in [1.82, 2.24) is 14.8 Å². The summed E-state index contributed by atoms with van der Waals surface area (Å²) in [6.45, 7) is 4.37. The molecule has 0 fully saturated rings. The predicted molar refractivity (Wildman–Crippen MR) is 118 cm³/mol. The van der Waals surface area contributed by atoms with Crippen LogP contribution in [0, 0.1) is 0 Å². The van der Waals surface area contributed by atoms with E-state index in [4.69, 9.17) is 21.4 Å². The normalized spacial score (nSPS) is 11.3. The number of aromatic amines is 1. The third kappa shape index (κ3) is 4.19. The second-order valence-electron chi connectivity index (χ2n) is 7.41. The Morgan fingerprint density at radius 1 is 1.17 bits per heavy atom. The van der Waals surface area contributed by atoms with Crippen LogP contribution in [-0.4, -0.2) is 31.9 Å². The van der Waals surface area contributed by atoms with E-state index in [1.807, 2.05) is 67.1 Å². The van der Waals surface area contributed by atoms with Crippen molar-refractivity contribution < 1.29 is 14.6 Å². The topological polar surface area (TPSA) is 80.1 Å². The van der Waals surface area contributed by atoms with Gasteiger partial charge in [0, 0.05) is 34.8 Å². The molecule has 0 spiro atoms. The van der Waals surface area contributed by atoms with Crippen molar-refractivity contribution in [2.24, 2.45) is 0 Å². The Balaban J connectivity index is 1.58. The number of nitrogens with one attached hydrogen (secondary N) is 1. The number of carbonyl (C=O) groups is 1. The highest BCUT2D eigenvalue weighted by molar-refractivity contribution is 6.32. The summed E-state index contributed by atoms with van der Waals surface area (Å²) in [6, 6.07) is 15.7. The molecule has 0 atom stereocenters. The largest absolute Gasteiger partial charge is 0.489 e. The fourth-order valence-electron chi connectivity index (χ4n) is 3.41. The van der Waals surface area contributed by atoms with Crippen LogP contribution in [0.3, 0.4) is 0 Å². The molecular formula is C23H22ClN3O3. The lowest BCUT2D eigenvalue weighted by molar-refractivity contribution is -0.137. The smallest absolute Gasteiger partial charge is 0.305 e. The van der Waals surface area contributed by atoms with Crippen molar-refractivity contribution >= 4 is 28.5 Å². The minimum Gasteiger partial charge on any atom is -0.489 e. The van der Waals surface area contributed by atoms with Crippen LogP contribution >= 0.6 is 11.6 Å². The van der Waals surface area contributed by atoms with Crippen molar-refractivity contribution in [3.8, 4) is 28.3 Å². The lowest BCUT2D eigenvalue weighted by atomic mass is 10.1. The first-order valence-corrected chi connectivity index (χ1v) is 10.1. The molecule has 154 valence electrons. The average molecular weight is 424 g/mol. The predicted octanol–water partition coefficient (Wildman–Crippen LogP) is 5.61. The summed E-state index contributed by atoms with van der Waals surface area (Å²) >= 11 is 6.36. The molecule has 2 N–H and O–H groups in total. The zero-order valence-electron chi connectivity index (χ0n) is 16.7. The molecule has 0 bridgehead atoms. The molecule has 2 heterocycles. The standard InChI is InChI=1S/C23H22ClN3O3/c1-14(2)30-22-6-4-16(12-18(22)24)20-13-19(25-26-20)15-3-5-21-17(11-15)7-9-27(21)10-8-23(28)29/h3-7,9,11-14H,8,10H2,1-2H3,(H,25,26)(H,28,29). The number of ether oxygens (including phenoxy) is 1. The Bertz CT molecular complexity index is 1210. The molecule has 0 unspecified atom stereocenters. The van der Waals surface area contributed by atoms with Gasteiger partial charge in [0.15, 0.2) is 0 Å². The third-order valence-electron chi connectivity index (χ3n) is 4.82. The number of halogens is 1. The van der Waals surface area contributed by atoms with Gasteiger partial charge in [0.1, 0.15) is 5.75 Å². The number of carboxylic acids is 1. The second kappa shape index (κ2) is 8.24. The molecule has 30 heavy (non-hydrogen) atoms. The van der Waals surface area contributed by atoms with Crippen LogP contribution in [0.25, 0.3) is 33.4 Å². The van der Waals surface area contributed by atoms with Crippen LogP contribution in [0.1, 0.15) is 20.3 Å². The molecule has 0 radical (unpaired) electrons. The Morgan fingerprint density at radius 3 is 2.70 bits per heavy atom. The fraction of sp³-hybridized carbons (Fsp3) is 0.217. The van der Waals surface area contributed by atoms with E-state index in [1.165, 1.54) is 0 Å². The molecule has 2 aromatic carbocycles. The number of carboxylic acid groups (broad SMARTS) is 1. The molecule has 0 aliphatic heterocycles.